The van der Waals surface area contributed by atoms with Crippen LogP contribution in [0.3, 0.4) is 0 Å². The van der Waals surface area contributed by atoms with Gasteiger partial charge in [-0.3, -0.25) is 4.79 Å². The van der Waals surface area contributed by atoms with Crippen molar-refractivity contribution < 1.29 is 23.1 Å². The lowest BCUT2D eigenvalue weighted by Crippen LogP contribution is -2.49. The fourth-order valence-corrected chi connectivity index (χ4v) is 8.35. The number of aromatic nitrogens is 1. The van der Waals surface area contributed by atoms with Crippen LogP contribution in [0.5, 0.6) is 5.88 Å². The van der Waals surface area contributed by atoms with Crippen molar-refractivity contribution in [3.8, 4) is 5.88 Å². The number of amides is 1. The maximum atomic E-state index is 13.2. The largest absolute Gasteiger partial charge is 0.493 e. The van der Waals surface area contributed by atoms with E-state index in [1.807, 2.05) is 0 Å². The van der Waals surface area contributed by atoms with E-state index in [1.165, 1.54) is 35.7 Å². The highest BCUT2D eigenvalue weighted by atomic mass is 32.2. The fourth-order valence-electron chi connectivity index (χ4n) is 6.91. The maximum Gasteiger partial charge on any atom is 0.270 e. The lowest BCUT2D eigenvalue weighted by atomic mass is 9.49. The minimum absolute atomic E-state index is 0.0992. The number of carbonyl (C=O) groups excluding carboxylic acids is 1. The number of H-pyrrole nitrogens is 1. The molecule has 2 N–H and O–H groups in total. The molecule has 176 valence electrons. The minimum atomic E-state index is -3.70. The predicted molar refractivity (Wildman–Crippen MR) is 120 cm³/mol. The van der Waals surface area contributed by atoms with Gasteiger partial charge in [0.25, 0.3) is 5.91 Å². The van der Waals surface area contributed by atoms with Gasteiger partial charge in [0.05, 0.1) is 29.0 Å². The standard InChI is InChI=1S/C23H28N4O5S/c28-21-20(25-26-22(29)23-11-14-7-15(12-23)9-16(8-14)13-23)18-10-17(1-2-19(18)24-21)33(30,31)27-3-5-32-6-4-27/h1-2,10,14-16,24,28H,3-9,11-13H2. The van der Waals surface area contributed by atoms with Gasteiger partial charge in [0.1, 0.15) is 0 Å². The SMILES string of the molecule is O=C(N=Nc1c(O)[nH]c2ccc(S(=O)(=O)N3CCOCC3)cc12)C12CC3CC(CC(C3)C1)C2. The summed E-state index contributed by atoms with van der Waals surface area (Å²) in [6, 6.07) is 4.59. The lowest BCUT2D eigenvalue weighted by molar-refractivity contribution is -0.142. The van der Waals surface area contributed by atoms with Crippen LogP contribution in [0.15, 0.2) is 33.3 Å². The summed E-state index contributed by atoms with van der Waals surface area (Å²) in [6.07, 6.45) is 6.35. The average molecular weight is 473 g/mol. The molecule has 7 rings (SSSR count). The van der Waals surface area contributed by atoms with Crippen molar-refractivity contribution in [3.05, 3.63) is 18.2 Å². The second-order valence-electron chi connectivity index (χ2n) is 10.2. The van der Waals surface area contributed by atoms with Gasteiger partial charge in [-0.1, -0.05) is 0 Å². The summed E-state index contributed by atoms with van der Waals surface area (Å²) in [6.45, 7) is 1.31. The highest BCUT2D eigenvalue weighted by Gasteiger charge is 2.54. The van der Waals surface area contributed by atoms with Gasteiger partial charge in [-0.25, -0.2) is 8.42 Å². The van der Waals surface area contributed by atoms with E-state index in [1.54, 1.807) is 6.07 Å². The van der Waals surface area contributed by atoms with Crippen molar-refractivity contribution >= 4 is 32.5 Å². The summed E-state index contributed by atoms with van der Waals surface area (Å²) in [5.74, 6) is 1.42. The Morgan fingerprint density at radius 3 is 2.36 bits per heavy atom. The number of aromatic hydroxyl groups is 1. The van der Waals surface area contributed by atoms with E-state index < -0.39 is 15.4 Å². The van der Waals surface area contributed by atoms with Crippen molar-refractivity contribution in [2.45, 2.75) is 43.4 Å². The van der Waals surface area contributed by atoms with E-state index >= 15 is 0 Å². The van der Waals surface area contributed by atoms with Crippen LogP contribution < -0.4 is 0 Å². The van der Waals surface area contributed by atoms with Crippen molar-refractivity contribution in [1.82, 2.24) is 9.29 Å². The van der Waals surface area contributed by atoms with E-state index in [4.69, 9.17) is 4.74 Å². The highest BCUT2D eigenvalue weighted by molar-refractivity contribution is 7.89. The number of sulfonamides is 1. The second kappa shape index (κ2) is 7.61. The van der Waals surface area contributed by atoms with E-state index in [2.05, 4.69) is 15.2 Å². The van der Waals surface area contributed by atoms with Gasteiger partial charge in [0, 0.05) is 18.5 Å². The van der Waals surface area contributed by atoms with Crippen LogP contribution in [0, 0.1) is 23.2 Å². The summed E-state index contributed by atoms with van der Waals surface area (Å²) in [7, 11) is -3.70. The third kappa shape index (κ3) is 3.50. The molecule has 4 saturated carbocycles. The molecular weight excluding hydrogens is 444 g/mol. The Balaban J connectivity index is 1.31. The van der Waals surface area contributed by atoms with Gasteiger partial charge >= 0.3 is 0 Å². The molecule has 2 aromatic rings. The summed E-state index contributed by atoms with van der Waals surface area (Å²) in [5.41, 5.74) is 0.219. The first kappa shape index (κ1) is 21.2. The summed E-state index contributed by atoms with van der Waals surface area (Å²) in [5, 5.41) is 19.1. The number of carbonyl (C=O) groups is 1. The number of benzene rings is 1. The van der Waals surface area contributed by atoms with E-state index in [0.29, 0.717) is 55.0 Å². The zero-order valence-electron chi connectivity index (χ0n) is 18.4. The number of rotatable bonds is 4. The van der Waals surface area contributed by atoms with Gasteiger partial charge in [0.2, 0.25) is 15.9 Å². The molecule has 0 spiro atoms. The Bertz CT molecular complexity index is 1210. The first-order valence-corrected chi connectivity index (χ1v) is 13.2. The number of nitrogens with one attached hydrogen (secondary N) is 1. The first-order chi connectivity index (χ1) is 15.8. The molecule has 1 amide bonds. The molecule has 2 heterocycles. The summed E-state index contributed by atoms with van der Waals surface area (Å²) in [4.78, 5) is 16.1. The molecule has 1 aromatic heterocycles. The molecule has 1 aromatic carbocycles. The third-order valence-electron chi connectivity index (χ3n) is 8.06. The maximum absolute atomic E-state index is 13.2. The topological polar surface area (TPSA) is 124 Å². The molecule has 33 heavy (non-hydrogen) atoms. The molecular formula is C23H28N4O5S. The average Bonchev–Trinajstić information content (AvgIpc) is 3.11. The van der Waals surface area contributed by atoms with Crippen LogP contribution in [0.1, 0.15) is 38.5 Å². The normalized spacial score (nSPS) is 32.2. The quantitative estimate of drug-likeness (QED) is 0.656. The van der Waals surface area contributed by atoms with Gasteiger partial charge in [-0.2, -0.15) is 4.31 Å². The van der Waals surface area contributed by atoms with Crippen LogP contribution >= 0.6 is 0 Å². The third-order valence-corrected chi connectivity index (χ3v) is 9.96. The molecule has 0 atom stereocenters. The number of ether oxygens (including phenoxy) is 1. The molecule has 0 radical (unpaired) electrons. The Morgan fingerprint density at radius 2 is 1.73 bits per heavy atom. The van der Waals surface area contributed by atoms with Gasteiger partial charge in [-0.05, 0) is 74.5 Å². The van der Waals surface area contributed by atoms with Crippen LogP contribution in [-0.4, -0.2) is 55.0 Å². The zero-order chi connectivity index (χ0) is 22.8. The Hall–Kier alpha value is -2.30. The summed E-state index contributed by atoms with van der Waals surface area (Å²) >= 11 is 0. The zero-order valence-corrected chi connectivity index (χ0v) is 19.2. The van der Waals surface area contributed by atoms with Gasteiger partial charge in [-0.15, -0.1) is 10.2 Å². The Morgan fingerprint density at radius 1 is 1.09 bits per heavy atom. The number of hydrogen-bond donors (Lipinski definition) is 2. The van der Waals surface area contributed by atoms with E-state index in [0.717, 1.165) is 19.3 Å². The molecule has 4 aliphatic carbocycles. The molecule has 0 unspecified atom stereocenters. The van der Waals surface area contributed by atoms with Crippen molar-refractivity contribution in [2.24, 2.45) is 33.4 Å². The Labute approximate surface area is 192 Å². The van der Waals surface area contributed by atoms with E-state index in [9.17, 15) is 18.3 Å². The van der Waals surface area contributed by atoms with Crippen LogP contribution in [0.25, 0.3) is 10.9 Å². The molecule has 1 aliphatic heterocycles. The Kier molecular flexibility index (Phi) is 4.90. The van der Waals surface area contributed by atoms with Crippen LogP contribution in [0.2, 0.25) is 0 Å². The molecule has 9 nitrogen and oxygen atoms in total. The number of azo groups is 1. The number of aromatic amines is 1. The number of hydrogen-bond acceptors (Lipinski definition) is 6. The summed E-state index contributed by atoms with van der Waals surface area (Å²) < 4.78 is 32.8. The van der Waals surface area contributed by atoms with Crippen molar-refractivity contribution in [1.29, 1.82) is 0 Å². The lowest BCUT2D eigenvalue weighted by Gasteiger charge is -2.54. The van der Waals surface area contributed by atoms with Crippen molar-refractivity contribution in [2.75, 3.05) is 26.3 Å². The number of nitrogens with zero attached hydrogens (tertiary/aromatic N) is 3. The molecule has 1 saturated heterocycles. The molecule has 4 bridgehead atoms. The van der Waals surface area contributed by atoms with Gasteiger partial charge < -0.3 is 14.8 Å². The molecule has 10 heteroatoms. The monoisotopic (exact) mass is 472 g/mol. The number of morpholine rings is 1. The van der Waals surface area contributed by atoms with Crippen molar-refractivity contribution in [3.63, 3.8) is 0 Å². The van der Waals surface area contributed by atoms with Crippen LogP contribution in [0.4, 0.5) is 5.69 Å². The number of fused-ring (bicyclic) bond motifs is 1. The minimum Gasteiger partial charge on any atom is -0.493 e. The molecule has 5 fully saturated rings. The highest BCUT2D eigenvalue weighted by Crippen LogP contribution is 2.60. The predicted octanol–water partition coefficient (Wildman–Crippen LogP) is 3.72. The van der Waals surface area contributed by atoms with Crippen LogP contribution in [-0.2, 0) is 19.6 Å². The molecule has 5 aliphatic rings. The second-order valence-corrected chi connectivity index (χ2v) is 12.2. The van der Waals surface area contributed by atoms with E-state index in [-0.39, 0.29) is 22.4 Å². The first-order valence-electron chi connectivity index (χ1n) is 11.7. The fraction of sp³-hybridized carbons (Fsp3) is 0.609. The smallest absolute Gasteiger partial charge is 0.270 e. The van der Waals surface area contributed by atoms with Gasteiger partial charge in [0.15, 0.2) is 5.69 Å².